The van der Waals surface area contributed by atoms with Crippen molar-refractivity contribution < 1.29 is 19.1 Å². The summed E-state index contributed by atoms with van der Waals surface area (Å²) in [5, 5.41) is 0. The summed E-state index contributed by atoms with van der Waals surface area (Å²) in [7, 11) is 0. The third-order valence-corrected chi connectivity index (χ3v) is 2.97. The Morgan fingerprint density at radius 3 is 1.76 bits per heavy atom. The number of hydrogen-bond donors (Lipinski definition) is 0. The van der Waals surface area contributed by atoms with Crippen LogP contribution in [0.3, 0.4) is 0 Å². The van der Waals surface area contributed by atoms with E-state index in [1.807, 2.05) is 12.2 Å². The van der Waals surface area contributed by atoms with Crippen LogP contribution >= 0.6 is 0 Å². The second-order valence-corrected chi connectivity index (χ2v) is 4.07. The second-order valence-electron chi connectivity index (χ2n) is 4.07. The first kappa shape index (κ1) is 13.7. The highest BCUT2D eigenvalue weighted by Crippen LogP contribution is 2.35. The topological polar surface area (TPSA) is 52.6 Å². The van der Waals surface area contributed by atoms with E-state index in [-0.39, 0.29) is 13.2 Å². The largest absolute Gasteiger partial charge is 0.465 e. The molecule has 0 saturated heterocycles. The second kappa shape index (κ2) is 6.42. The lowest BCUT2D eigenvalue weighted by atomic mass is 9.80. The van der Waals surface area contributed by atoms with Crippen molar-refractivity contribution in [1.29, 1.82) is 0 Å². The van der Waals surface area contributed by atoms with Crippen LogP contribution in [0.5, 0.6) is 0 Å². The molecular formula is C13H20O4. The van der Waals surface area contributed by atoms with Crippen molar-refractivity contribution in [1.82, 2.24) is 0 Å². The zero-order valence-corrected chi connectivity index (χ0v) is 10.5. The molecule has 0 amide bonds. The predicted octanol–water partition coefficient (Wildman–Crippen LogP) is 2.23. The molecule has 1 aliphatic rings. The molecule has 0 atom stereocenters. The molecule has 0 N–H and O–H groups in total. The molecule has 0 bridgehead atoms. The molecular weight excluding hydrogens is 220 g/mol. The first-order valence-corrected chi connectivity index (χ1v) is 6.16. The number of allylic oxidation sites excluding steroid dienone is 2. The number of carbonyl (C=O) groups excluding carboxylic acids is 2. The summed E-state index contributed by atoms with van der Waals surface area (Å²) >= 11 is 0. The van der Waals surface area contributed by atoms with Gasteiger partial charge in [0, 0.05) is 0 Å². The van der Waals surface area contributed by atoms with Crippen molar-refractivity contribution in [3.8, 4) is 0 Å². The van der Waals surface area contributed by atoms with Crippen LogP contribution in [0.1, 0.15) is 39.5 Å². The Balaban J connectivity index is 2.90. The molecule has 4 heteroatoms. The number of hydrogen-bond acceptors (Lipinski definition) is 4. The zero-order chi connectivity index (χ0) is 12.7. The highest BCUT2D eigenvalue weighted by molar-refractivity contribution is 6.00. The van der Waals surface area contributed by atoms with Gasteiger partial charge in [-0.1, -0.05) is 12.2 Å². The predicted molar refractivity (Wildman–Crippen MR) is 63.3 cm³/mol. The van der Waals surface area contributed by atoms with Crippen molar-refractivity contribution >= 4 is 11.9 Å². The molecule has 4 nitrogen and oxygen atoms in total. The van der Waals surface area contributed by atoms with Crippen LogP contribution in [0, 0.1) is 5.41 Å². The fourth-order valence-electron chi connectivity index (χ4n) is 2.05. The highest BCUT2D eigenvalue weighted by Gasteiger charge is 2.47. The van der Waals surface area contributed by atoms with Gasteiger partial charge >= 0.3 is 11.9 Å². The normalized spacial score (nSPS) is 18.2. The molecule has 0 aliphatic heterocycles. The summed E-state index contributed by atoms with van der Waals surface area (Å²) in [5.41, 5.74) is -1.10. The average molecular weight is 240 g/mol. The first-order chi connectivity index (χ1) is 8.17. The van der Waals surface area contributed by atoms with E-state index in [1.54, 1.807) is 13.8 Å². The van der Waals surface area contributed by atoms with Crippen molar-refractivity contribution in [2.24, 2.45) is 5.41 Å². The van der Waals surface area contributed by atoms with Gasteiger partial charge in [0.25, 0.3) is 0 Å². The Morgan fingerprint density at radius 1 is 1.00 bits per heavy atom. The molecule has 0 saturated carbocycles. The van der Waals surface area contributed by atoms with Gasteiger partial charge in [-0.05, 0) is 39.5 Å². The number of carbonyl (C=O) groups is 2. The minimum absolute atomic E-state index is 0.285. The fourth-order valence-corrected chi connectivity index (χ4v) is 2.05. The summed E-state index contributed by atoms with van der Waals surface area (Å²) < 4.78 is 10.1. The zero-order valence-electron chi connectivity index (χ0n) is 10.5. The lowest BCUT2D eigenvalue weighted by Gasteiger charge is -2.27. The van der Waals surface area contributed by atoms with E-state index < -0.39 is 17.4 Å². The van der Waals surface area contributed by atoms with Crippen LogP contribution in [0.25, 0.3) is 0 Å². The third kappa shape index (κ3) is 3.08. The van der Waals surface area contributed by atoms with Gasteiger partial charge in [-0.25, -0.2) is 0 Å². The van der Waals surface area contributed by atoms with E-state index in [2.05, 4.69) is 0 Å². The monoisotopic (exact) mass is 240 g/mol. The fraction of sp³-hybridized carbons (Fsp3) is 0.692. The molecule has 1 aliphatic carbocycles. The van der Waals surface area contributed by atoms with Gasteiger partial charge in [0.15, 0.2) is 5.41 Å². The van der Waals surface area contributed by atoms with Gasteiger partial charge < -0.3 is 9.47 Å². The van der Waals surface area contributed by atoms with E-state index in [4.69, 9.17) is 9.47 Å². The van der Waals surface area contributed by atoms with Gasteiger partial charge in [0.2, 0.25) is 0 Å². The smallest absolute Gasteiger partial charge is 0.323 e. The van der Waals surface area contributed by atoms with Crippen LogP contribution in [0.2, 0.25) is 0 Å². The van der Waals surface area contributed by atoms with E-state index in [9.17, 15) is 9.59 Å². The van der Waals surface area contributed by atoms with Crippen molar-refractivity contribution in [3.05, 3.63) is 12.2 Å². The number of esters is 2. The molecule has 0 aromatic carbocycles. The summed E-state index contributed by atoms with van der Waals surface area (Å²) in [6.07, 6.45) is 6.36. The maximum absolute atomic E-state index is 12.0. The van der Waals surface area contributed by atoms with Gasteiger partial charge in [0.05, 0.1) is 13.2 Å². The van der Waals surface area contributed by atoms with E-state index in [0.717, 1.165) is 0 Å². The molecule has 96 valence electrons. The Labute approximate surface area is 102 Å². The molecule has 1 rings (SSSR count). The first-order valence-electron chi connectivity index (χ1n) is 6.16. The molecule has 0 spiro atoms. The van der Waals surface area contributed by atoms with Crippen LogP contribution in [-0.2, 0) is 19.1 Å². The van der Waals surface area contributed by atoms with Crippen LogP contribution in [-0.4, -0.2) is 25.2 Å². The van der Waals surface area contributed by atoms with Gasteiger partial charge in [-0.3, -0.25) is 9.59 Å². The van der Waals surface area contributed by atoms with Crippen LogP contribution < -0.4 is 0 Å². The van der Waals surface area contributed by atoms with Crippen LogP contribution in [0.4, 0.5) is 0 Å². The summed E-state index contributed by atoms with van der Waals surface area (Å²) in [4.78, 5) is 24.1. The molecule has 0 heterocycles. The molecule has 17 heavy (non-hydrogen) atoms. The van der Waals surface area contributed by atoms with Crippen LogP contribution in [0.15, 0.2) is 12.2 Å². The molecule has 0 fully saturated rings. The Bertz CT molecular complexity index is 277. The molecule has 0 aromatic heterocycles. The van der Waals surface area contributed by atoms with E-state index in [1.165, 1.54) is 0 Å². The highest BCUT2D eigenvalue weighted by atomic mass is 16.6. The average Bonchev–Trinajstić information content (AvgIpc) is 2.56. The number of rotatable bonds is 4. The van der Waals surface area contributed by atoms with E-state index in [0.29, 0.717) is 25.7 Å². The molecule has 0 radical (unpaired) electrons. The SMILES string of the molecule is CCOC(=O)C1(C(=O)OCC)CCC=CCC1. The lowest BCUT2D eigenvalue weighted by molar-refractivity contribution is -0.173. The standard InChI is InChI=1S/C13H20O4/c1-3-16-11(14)13(12(15)17-4-2)9-7-5-6-8-10-13/h5-6H,3-4,7-10H2,1-2H3. The maximum atomic E-state index is 12.0. The Morgan fingerprint density at radius 2 is 1.41 bits per heavy atom. The minimum Gasteiger partial charge on any atom is -0.465 e. The van der Waals surface area contributed by atoms with Crippen molar-refractivity contribution in [2.45, 2.75) is 39.5 Å². The van der Waals surface area contributed by atoms with E-state index >= 15 is 0 Å². The van der Waals surface area contributed by atoms with Gasteiger partial charge in [-0.2, -0.15) is 0 Å². The minimum atomic E-state index is -1.10. The number of ether oxygens (including phenoxy) is 2. The molecule has 0 unspecified atom stereocenters. The Kier molecular flexibility index (Phi) is 5.19. The van der Waals surface area contributed by atoms with Gasteiger partial charge in [0.1, 0.15) is 0 Å². The summed E-state index contributed by atoms with van der Waals surface area (Å²) in [6, 6.07) is 0. The Hall–Kier alpha value is -1.32. The summed E-state index contributed by atoms with van der Waals surface area (Å²) in [5.74, 6) is -0.885. The summed E-state index contributed by atoms with van der Waals surface area (Å²) in [6.45, 7) is 4.05. The van der Waals surface area contributed by atoms with Crippen molar-refractivity contribution in [3.63, 3.8) is 0 Å². The quantitative estimate of drug-likeness (QED) is 0.429. The van der Waals surface area contributed by atoms with Gasteiger partial charge in [-0.15, -0.1) is 0 Å². The third-order valence-electron chi connectivity index (χ3n) is 2.97. The van der Waals surface area contributed by atoms with Crippen molar-refractivity contribution in [2.75, 3.05) is 13.2 Å². The maximum Gasteiger partial charge on any atom is 0.323 e. The molecule has 0 aromatic rings. The lowest BCUT2D eigenvalue weighted by Crippen LogP contribution is -2.41.